The van der Waals surface area contributed by atoms with Gasteiger partial charge in [0.15, 0.2) is 0 Å². The Balaban J connectivity index is 2.30. The minimum absolute atomic E-state index is 0.351. The minimum atomic E-state index is 0.351. The van der Waals surface area contributed by atoms with E-state index in [9.17, 15) is 4.79 Å². The maximum Gasteiger partial charge on any atom is 0.136 e. The second kappa shape index (κ2) is 7.51. The first-order chi connectivity index (χ1) is 7.34. The second-order valence-electron chi connectivity index (χ2n) is 4.44. The standard InChI is InChI=1S/C14H22O/c1-2-3-7-12-14(15)13-10-8-5-4-6-9-11-13/h13H,4-12H2,1H3. The van der Waals surface area contributed by atoms with Crippen LogP contribution in [0.15, 0.2) is 0 Å². The van der Waals surface area contributed by atoms with Crippen molar-refractivity contribution in [1.29, 1.82) is 0 Å². The third kappa shape index (κ3) is 5.02. The predicted octanol–water partition coefficient (Wildman–Crippen LogP) is 3.72. The number of hydrogen-bond acceptors (Lipinski definition) is 1. The average Bonchev–Trinajstić information content (AvgIpc) is 2.17. The van der Waals surface area contributed by atoms with Gasteiger partial charge in [0, 0.05) is 18.8 Å². The molecule has 0 saturated heterocycles. The maximum absolute atomic E-state index is 11.9. The van der Waals surface area contributed by atoms with E-state index in [4.69, 9.17) is 0 Å². The largest absolute Gasteiger partial charge is 0.299 e. The molecule has 0 atom stereocenters. The Labute approximate surface area is 93.6 Å². The molecular weight excluding hydrogens is 184 g/mol. The highest BCUT2D eigenvalue weighted by Crippen LogP contribution is 2.24. The van der Waals surface area contributed by atoms with Gasteiger partial charge in [-0.1, -0.05) is 32.1 Å². The highest BCUT2D eigenvalue weighted by molar-refractivity contribution is 5.81. The highest BCUT2D eigenvalue weighted by Gasteiger charge is 2.18. The Morgan fingerprint density at radius 1 is 1.13 bits per heavy atom. The van der Waals surface area contributed by atoms with Crippen LogP contribution in [-0.4, -0.2) is 5.78 Å². The summed E-state index contributed by atoms with van der Waals surface area (Å²) in [6.45, 7) is 1.83. The lowest BCUT2D eigenvalue weighted by molar-refractivity contribution is -0.123. The SMILES string of the molecule is CC#CCCC(=O)C1CCCCCCC1. The van der Waals surface area contributed by atoms with E-state index in [1.165, 1.54) is 32.1 Å². The highest BCUT2D eigenvalue weighted by atomic mass is 16.1. The van der Waals surface area contributed by atoms with Gasteiger partial charge in [-0.2, -0.15) is 0 Å². The molecular formula is C14H22O. The molecule has 1 fully saturated rings. The molecule has 1 heteroatoms. The zero-order chi connectivity index (χ0) is 10.9. The summed E-state index contributed by atoms with van der Waals surface area (Å²) in [7, 11) is 0. The molecule has 15 heavy (non-hydrogen) atoms. The third-order valence-electron chi connectivity index (χ3n) is 3.23. The molecule has 0 heterocycles. The van der Waals surface area contributed by atoms with Crippen molar-refractivity contribution >= 4 is 5.78 Å². The molecule has 0 aliphatic heterocycles. The van der Waals surface area contributed by atoms with E-state index in [1.54, 1.807) is 0 Å². The number of Topliss-reactive ketones (excluding diaryl/α,β-unsaturated/α-hetero) is 1. The zero-order valence-corrected chi connectivity index (χ0v) is 9.85. The Morgan fingerprint density at radius 2 is 1.73 bits per heavy atom. The van der Waals surface area contributed by atoms with E-state index in [0.29, 0.717) is 18.1 Å². The van der Waals surface area contributed by atoms with Crippen molar-refractivity contribution < 1.29 is 4.79 Å². The Hall–Kier alpha value is -0.770. The minimum Gasteiger partial charge on any atom is -0.299 e. The van der Waals surface area contributed by atoms with Crippen LogP contribution in [0.1, 0.15) is 64.7 Å². The van der Waals surface area contributed by atoms with Crippen molar-refractivity contribution in [3.63, 3.8) is 0 Å². The van der Waals surface area contributed by atoms with Crippen LogP contribution in [0.4, 0.5) is 0 Å². The lowest BCUT2D eigenvalue weighted by Gasteiger charge is -2.17. The second-order valence-corrected chi connectivity index (χ2v) is 4.44. The fourth-order valence-corrected chi connectivity index (χ4v) is 2.29. The van der Waals surface area contributed by atoms with Crippen LogP contribution >= 0.6 is 0 Å². The van der Waals surface area contributed by atoms with Crippen LogP contribution in [0.2, 0.25) is 0 Å². The van der Waals surface area contributed by atoms with Crippen molar-refractivity contribution in [3.05, 3.63) is 0 Å². The molecule has 0 bridgehead atoms. The van der Waals surface area contributed by atoms with Crippen molar-refractivity contribution in [1.82, 2.24) is 0 Å². The van der Waals surface area contributed by atoms with E-state index in [-0.39, 0.29) is 0 Å². The van der Waals surface area contributed by atoms with Gasteiger partial charge < -0.3 is 0 Å². The number of carbonyl (C=O) groups excluding carboxylic acids is 1. The monoisotopic (exact) mass is 206 g/mol. The molecule has 0 aromatic carbocycles. The third-order valence-corrected chi connectivity index (χ3v) is 3.23. The van der Waals surface area contributed by atoms with Crippen LogP contribution in [0.3, 0.4) is 0 Å². The molecule has 1 saturated carbocycles. The van der Waals surface area contributed by atoms with Gasteiger partial charge in [0.05, 0.1) is 0 Å². The molecule has 1 aliphatic rings. The topological polar surface area (TPSA) is 17.1 Å². The molecule has 0 unspecified atom stereocenters. The molecule has 0 radical (unpaired) electrons. The molecule has 0 spiro atoms. The molecule has 84 valence electrons. The van der Waals surface area contributed by atoms with Gasteiger partial charge in [0.25, 0.3) is 0 Å². The van der Waals surface area contributed by atoms with Crippen molar-refractivity contribution in [2.45, 2.75) is 64.7 Å². The van der Waals surface area contributed by atoms with Gasteiger partial charge in [-0.15, -0.1) is 11.8 Å². The van der Waals surface area contributed by atoms with E-state index < -0.39 is 0 Å². The van der Waals surface area contributed by atoms with Crippen molar-refractivity contribution in [3.8, 4) is 11.8 Å². The first-order valence-electron chi connectivity index (χ1n) is 6.27. The van der Waals surface area contributed by atoms with Gasteiger partial charge in [0.2, 0.25) is 0 Å². The zero-order valence-electron chi connectivity index (χ0n) is 9.85. The smallest absolute Gasteiger partial charge is 0.136 e. The van der Waals surface area contributed by atoms with E-state index in [1.807, 2.05) is 6.92 Å². The molecule has 0 amide bonds. The number of ketones is 1. The van der Waals surface area contributed by atoms with Gasteiger partial charge in [-0.3, -0.25) is 4.79 Å². The lowest BCUT2D eigenvalue weighted by atomic mass is 9.87. The van der Waals surface area contributed by atoms with E-state index in [2.05, 4.69) is 11.8 Å². The Bertz CT molecular complexity index is 236. The van der Waals surface area contributed by atoms with Crippen LogP contribution in [0.25, 0.3) is 0 Å². The fourth-order valence-electron chi connectivity index (χ4n) is 2.29. The summed E-state index contributed by atoms with van der Waals surface area (Å²) in [6.07, 6.45) is 10.2. The van der Waals surface area contributed by atoms with Crippen LogP contribution < -0.4 is 0 Å². The molecule has 0 aromatic rings. The van der Waals surface area contributed by atoms with E-state index >= 15 is 0 Å². The molecule has 0 aromatic heterocycles. The summed E-state index contributed by atoms with van der Waals surface area (Å²) >= 11 is 0. The Kier molecular flexibility index (Phi) is 6.16. The maximum atomic E-state index is 11.9. The summed E-state index contributed by atoms with van der Waals surface area (Å²) in [5, 5.41) is 0. The molecule has 0 N–H and O–H groups in total. The normalized spacial score (nSPS) is 18.5. The molecule has 1 nitrogen and oxygen atoms in total. The molecule has 1 rings (SSSR count). The first-order valence-corrected chi connectivity index (χ1v) is 6.27. The van der Waals surface area contributed by atoms with Crippen LogP contribution in [0, 0.1) is 17.8 Å². The van der Waals surface area contributed by atoms with Crippen molar-refractivity contribution in [2.24, 2.45) is 5.92 Å². The van der Waals surface area contributed by atoms with Gasteiger partial charge in [-0.05, 0) is 19.8 Å². The summed E-state index contributed by atoms with van der Waals surface area (Å²) in [6, 6.07) is 0. The number of carbonyl (C=O) groups is 1. The van der Waals surface area contributed by atoms with Gasteiger partial charge >= 0.3 is 0 Å². The van der Waals surface area contributed by atoms with Crippen LogP contribution in [0.5, 0.6) is 0 Å². The number of hydrogen-bond donors (Lipinski definition) is 0. The van der Waals surface area contributed by atoms with Crippen LogP contribution in [-0.2, 0) is 4.79 Å². The summed E-state index contributed by atoms with van der Waals surface area (Å²) < 4.78 is 0. The first kappa shape index (κ1) is 12.3. The average molecular weight is 206 g/mol. The number of rotatable bonds is 3. The van der Waals surface area contributed by atoms with E-state index in [0.717, 1.165) is 19.3 Å². The van der Waals surface area contributed by atoms with Gasteiger partial charge in [-0.25, -0.2) is 0 Å². The lowest BCUT2D eigenvalue weighted by Crippen LogP contribution is -2.15. The van der Waals surface area contributed by atoms with Gasteiger partial charge in [0.1, 0.15) is 5.78 Å². The Morgan fingerprint density at radius 3 is 2.33 bits per heavy atom. The van der Waals surface area contributed by atoms with Crippen molar-refractivity contribution in [2.75, 3.05) is 0 Å². The summed E-state index contributed by atoms with van der Waals surface area (Å²) in [5.74, 6) is 6.63. The fraction of sp³-hybridized carbons (Fsp3) is 0.786. The summed E-state index contributed by atoms with van der Waals surface area (Å²) in [5.41, 5.74) is 0. The quantitative estimate of drug-likeness (QED) is 0.643. The predicted molar refractivity (Wildman–Crippen MR) is 63.5 cm³/mol. The molecule has 1 aliphatic carbocycles. The summed E-state index contributed by atoms with van der Waals surface area (Å²) in [4.78, 5) is 11.9.